The van der Waals surface area contributed by atoms with E-state index in [0.717, 1.165) is 24.2 Å². The van der Waals surface area contributed by atoms with Crippen LogP contribution in [0.15, 0.2) is 18.2 Å². The third-order valence-corrected chi connectivity index (χ3v) is 5.79. The monoisotopic (exact) mass is 372 g/mol. The standard InChI is InChI=1S/C19H24N4O4/c24-11-19(9-21-10-19)8-20-6-12-2-1-3-13-7-23(18(27)16(12)13)14-4-5-15(25)22-17(14)26/h1-3,14,20-21,24H,4-11H2,(H,22,25,26). The van der Waals surface area contributed by atoms with Crippen molar-refractivity contribution >= 4 is 17.7 Å². The minimum absolute atomic E-state index is 0.124. The first-order valence-electron chi connectivity index (χ1n) is 9.31. The van der Waals surface area contributed by atoms with Crippen LogP contribution in [0.1, 0.15) is 34.3 Å². The highest BCUT2D eigenvalue weighted by Crippen LogP contribution is 2.30. The molecule has 8 heteroatoms. The average molecular weight is 372 g/mol. The van der Waals surface area contributed by atoms with Gasteiger partial charge in [0.15, 0.2) is 0 Å². The first-order chi connectivity index (χ1) is 13.0. The lowest BCUT2D eigenvalue weighted by molar-refractivity contribution is -0.136. The number of nitrogens with one attached hydrogen (secondary N) is 3. The maximum absolute atomic E-state index is 13.0. The lowest BCUT2D eigenvalue weighted by Crippen LogP contribution is -2.60. The van der Waals surface area contributed by atoms with Crippen LogP contribution in [0.3, 0.4) is 0 Å². The van der Waals surface area contributed by atoms with Gasteiger partial charge in [-0.25, -0.2) is 0 Å². The van der Waals surface area contributed by atoms with Crippen molar-refractivity contribution in [3.63, 3.8) is 0 Å². The van der Waals surface area contributed by atoms with Crippen LogP contribution in [-0.2, 0) is 22.7 Å². The Labute approximate surface area is 157 Å². The minimum atomic E-state index is -0.595. The fraction of sp³-hybridized carbons (Fsp3) is 0.526. The van der Waals surface area contributed by atoms with E-state index in [0.29, 0.717) is 31.6 Å². The Morgan fingerprint density at radius 1 is 1.26 bits per heavy atom. The van der Waals surface area contributed by atoms with Gasteiger partial charge in [-0.15, -0.1) is 0 Å². The topological polar surface area (TPSA) is 111 Å². The molecule has 0 bridgehead atoms. The van der Waals surface area contributed by atoms with Crippen LogP contribution in [-0.4, -0.2) is 60.0 Å². The third kappa shape index (κ3) is 3.24. The summed E-state index contributed by atoms with van der Waals surface area (Å²) >= 11 is 0. The summed E-state index contributed by atoms with van der Waals surface area (Å²) in [6.07, 6.45) is 0.617. The summed E-state index contributed by atoms with van der Waals surface area (Å²) in [5, 5.41) is 18.4. The maximum Gasteiger partial charge on any atom is 0.255 e. The van der Waals surface area contributed by atoms with Gasteiger partial charge in [0.05, 0.1) is 6.61 Å². The molecule has 8 nitrogen and oxygen atoms in total. The molecule has 2 fully saturated rings. The van der Waals surface area contributed by atoms with E-state index >= 15 is 0 Å². The summed E-state index contributed by atoms with van der Waals surface area (Å²) in [5.41, 5.74) is 2.33. The zero-order chi connectivity index (χ0) is 19.0. The highest BCUT2D eigenvalue weighted by atomic mass is 16.3. The fourth-order valence-electron chi connectivity index (χ4n) is 4.07. The number of aliphatic hydroxyl groups is 1. The molecule has 0 aliphatic carbocycles. The van der Waals surface area contributed by atoms with Gasteiger partial charge < -0.3 is 20.6 Å². The van der Waals surface area contributed by atoms with Crippen molar-refractivity contribution in [2.45, 2.75) is 32.0 Å². The average Bonchev–Trinajstić information content (AvgIpc) is 2.95. The van der Waals surface area contributed by atoms with Gasteiger partial charge in [-0.05, 0) is 17.5 Å². The number of imide groups is 1. The van der Waals surface area contributed by atoms with Crippen molar-refractivity contribution < 1.29 is 19.5 Å². The number of carbonyl (C=O) groups excluding carboxylic acids is 3. The molecule has 3 amide bonds. The van der Waals surface area contributed by atoms with Gasteiger partial charge >= 0.3 is 0 Å². The molecule has 0 radical (unpaired) electrons. The summed E-state index contributed by atoms with van der Waals surface area (Å²) < 4.78 is 0. The van der Waals surface area contributed by atoms with Crippen LogP contribution < -0.4 is 16.0 Å². The molecule has 4 N–H and O–H groups in total. The number of hydrogen-bond donors (Lipinski definition) is 4. The molecule has 144 valence electrons. The van der Waals surface area contributed by atoms with Crippen molar-refractivity contribution in [3.05, 3.63) is 34.9 Å². The highest BCUT2D eigenvalue weighted by molar-refractivity contribution is 6.05. The molecule has 0 aromatic heterocycles. The molecule has 0 saturated carbocycles. The van der Waals surface area contributed by atoms with Crippen LogP contribution in [0.5, 0.6) is 0 Å². The molecule has 1 aromatic carbocycles. The first-order valence-corrected chi connectivity index (χ1v) is 9.31. The van der Waals surface area contributed by atoms with Crippen molar-refractivity contribution in [1.82, 2.24) is 20.9 Å². The summed E-state index contributed by atoms with van der Waals surface area (Å²) in [5.74, 6) is -0.831. The van der Waals surface area contributed by atoms with Crippen molar-refractivity contribution in [3.8, 4) is 0 Å². The third-order valence-electron chi connectivity index (χ3n) is 5.79. The summed E-state index contributed by atoms with van der Waals surface area (Å²) in [7, 11) is 0. The summed E-state index contributed by atoms with van der Waals surface area (Å²) in [4.78, 5) is 38.1. The van der Waals surface area contributed by atoms with Crippen LogP contribution in [0.4, 0.5) is 0 Å². The molecule has 1 atom stereocenters. The predicted molar refractivity (Wildman–Crippen MR) is 96.6 cm³/mol. The Kier molecular flexibility index (Phi) is 4.71. The Morgan fingerprint density at radius 2 is 2.07 bits per heavy atom. The molecular weight excluding hydrogens is 348 g/mol. The summed E-state index contributed by atoms with van der Waals surface area (Å²) in [6.45, 7) is 3.28. The van der Waals surface area contributed by atoms with Crippen LogP contribution >= 0.6 is 0 Å². The van der Waals surface area contributed by atoms with Crippen molar-refractivity contribution in [2.24, 2.45) is 5.41 Å². The van der Waals surface area contributed by atoms with E-state index < -0.39 is 11.9 Å². The van der Waals surface area contributed by atoms with Gasteiger partial charge in [0.25, 0.3) is 5.91 Å². The molecule has 3 aliphatic heterocycles. The zero-order valence-electron chi connectivity index (χ0n) is 15.1. The SMILES string of the molecule is O=C1CCC(N2Cc3cccc(CNCC4(CO)CNC4)c3C2=O)C(=O)N1. The van der Waals surface area contributed by atoms with Crippen LogP contribution in [0.25, 0.3) is 0 Å². The molecule has 4 rings (SSSR count). The van der Waals surface area contributed by atoms with Gasteiger partial charge in [-0.2, -0.15) is 0 Å². The number of fused-ring (bicyclic) bond motifs is 1. The maximum atomic E-state index is 13.0. The van der Waals surface area contributed by atoms with Gasteiger partial charge in [-0.1, -0.05) is 18.2 Å². The van der Waals surface area contributed by atoms with E-state index in [2.05, 4.69) is 16.0 Å². The Bertz CT molecular complexity index is 784. The Morgan fingerprint density at radius 3 is 2.74 bits per heavy atom. The van der Waals surface area contributed by atoms with E-state index in [1.165, 1.54) is 0 Å². The van der Waals surface area contributed by atoms with E-state index in [1.54, 1.807) is 4.90 Å². The van der Waals surface area contributed by atoms with Gasteiger partial charge in [0, 0.05) is 50.1 Å². The van der Waals surface area contributed by atoms with Gasteiger partial charge in [0.1, 0.15) is 6.04 Å². The van der Waals surface area contributed by atoms with E-state index in [4.69, 9.17) is 0 Å². The minimum Gasteiger partial charge on any atom is -0.396 e. The first kappa shape index (κ1) is 18.1. The number of aliphatic hydroxyl groups excluding tert-OH is 1. The molecule has 1 aromatic rings. The summed E-state index contributed by atoms with van der Waals surface area (Å²) in [6, 6.07) is 5.15. The van der Waals surface area contributed by atoms with E-state index in [9.17, 15) is 19.5 Å². The highest BCUT2D eigenvalue weighted by Gasteiger charge is 2.40. The Hall–Kier alpha value is -2.29. The fourth-order valence-corrected chi connectivity index (χ4v) is 4.07. The number of piperidine rings is 1. The molecule has 1 unspecified atom stereocenters. The number of carbonyl (C=O) groups is 3. The molecule has 27 heavy (non-hydrogen) atoms. The van der Waals surface area contributed by atoms with E-state index in [1.807, 2.05) is 18.2 Å². The van der Waals surface area contributed by atoms with Crippen molar-refractivity contribution in [2.75, 3.05) is 26.2 Å². The largest absolute Gasteiger partial charge is 0.396 e. The normalized spacial score (nSPS) is 23.8. The number of benzene rings is 1. The molecule has 3 aliphatic rings. The number of hydrogen-bond acceptors (Lipinski definition) is 6. The second-order valence-corrected chi connectivity index (χ2v) is 7.72. The van der Waals surface area contributed by atoms with Crippen molar-refractivity contribution in [1.29, 1.82) is 0 Å². The molecular formula is C19H24N4O4. The van der Waals surface area contributed by atoms with Crippen LogP contribution in [0, 0.1) is 5.41 Å². The molecule has 3 heterocycles. The quantitative estimate of drug-likeness (QED) is 0.483. The Balaban J connectivity index is 1.46. The molecule has 0 spiro atoms. The number of nitrogens with zero attached hydrogens (tertiary/aromatic N) is 1. The van der Waals surface area contributed by atoms with Gasteiger partial charge in [-0.3, -0.25) is 19.7 Å². The number of rotatable bonds is 6. The second kappa shape index (κ2) is 7.03. The van der Waals surface area contributed by atoms with Gasteiger partial charge in [0.2, 0.25) is 11.8 Å². The smallest absolute Gasteiger partial charge is 0.255 e. The molecule has 2 saturated heterocycles. The number of amides is 3. The zero-order valence-corrected chi connectivity index (χ0v) is 15.1. The predicted octanol–water partition coefficient (Wildman–Crippen LogP) is -0.881. The second-order valence-electron chi connectivity index (χ2n) is 7.72. The van der Waals surface area contributed by atoms with Crippen LogP contribution in [0.2, 0.25) is 0 Å². The van der Waals surface area contributed by atoms with E-state index in [-0.39, 0.29) is 30.3 Å². The lowest BCUT2D eigenvalue weighted by atomic mass is 9.82. The lowest BCUT2D eigenvalue weighted by Gasteiger charge is -2.41.